The summed E-state index contributed by atoms with van der Waals surface area (Å²) in [6.07, 6.45) is 0. The highest BCUT2D eigenvalue weighted by molar-refractivity contribution is 7.99. The Morgan fingerprint density at radius 2 is 2.04 bits per heavy atom. The number of carbonyl (C=O) groups excluding carboxylic acids is 1. The fourth-order valence-corrected chi connectivity index (χ4v) is 3.83. The maximum atomic E-state index is 12.8. The Labute approximate surface area is 167 Å². The Morgan fingerprint density at radius 1 is 1.32 bits per heavy atom. The largest absolute Gasteiger partial charge is 0.497 e. The van der Waals surface area contributed by atoms with Crippen LogP contribution in [0.4, 0.5) is 0 Å². The van der Waals surface area contributed by atoms with E-state index in [0.717, 1.165) is 17.0 Å². The number of rotatable bonds is 7. The fraction of sp³-hybridized carbons (Fsp3) is 0.350. The second-order valence-corrected chi connectivity index (χ2v) is 7.73. The summed E-state index contributed by atoms with van der Waals surface area (Å²) in [4.78, 5) is 32.7. The summed E-state index contributed by atoms with van der Waals surface area (Å²) in [7, 11) is 1.62. The third-order valence-electron chi connectivity index (χ3n) is 4.28. The molecule has 0 bridgehead atoms. The summed E-state index contributed by atoms with van der Waals surface area (Å²) in [5, 5.41) is 3.44. The van der Waals surface area contributed by atoms with Crippen molar-refractivity contribution in [1.29, 1.82) is 0 Å². The van der Waals surface area contributed by atoms with Gasteiger partial charge in [-0.15, -0.1) is 0 Å². The van der Waals surface area contributed by atoms with Crippen LogP contribution in [-0.4, -0.2) is 33.3 Å². The maximum absolute atomic E-state index is 12.8. The molecule has 0 spiro atoms. The van der Waals surface area contributed by atoms with Gasteiger partial charge in [-0.05, 0) is 44.5 Å². The molecule has 0 aliphatic heterocycles. The lowest BCUT2D eigenvalue weighted by atomic mass is 10.2. The van der Waals surface area contributed by atoms with E-state index < -0.39 is 0 Å². The van der Waals surface area contributed by atoms with Gasteiger partial charge < -0.3 is 15.0 Å². The summed E-state index contributed by atoms with van der Waals surface area (Å²) < 4.78 is 6.75. The number of carbonyl (C=O) groups is 1. The zero-order valence-electron chi connectivity index (χ0n) is 16.4. The molecule has 2 heterocycles. The van der Waals surface area contributed by atoms with Crippen LogP contribution in [0.5, 0.6) is 5.75 Å². The zero-order valence-corrected chi connectivity index (χ0v) is 17.2. The van der Waals surface area contributed by atoms with Gasteiger partial charge in [0.05, 0.1) is 18.4 Å². The van der Waals surface area contributed by atoms with Crippen molar-refractivity contribution >= 4 is 28.7 Å². The highest BCUT2D eigenvalue weighted by Gasteiger charge is 2.16. The van der Waals surface area contributed by atoms with Gasteiger partial charge in [0.2, 0.25) is 5.91 Å². The standard InChI is InChI=1S/C20H24N4O3S/c1-12(2)24-19(26)18-16(9-13(3)22-18)23-20(24)28-11-17(25)21-10-14-5-7-15(27-4)8-6-14/h5-9,12,22H,10-11H2,1-4H3,(H,21,25). The summed E-state index contributed by atoms with van der Waals surface area (Å²) in [5.74, 6) is 0.846. The van der Waals surface area contributed by atoms with Crippen LogP contribution in [0.3, 0.4) is 0 Å². The van der Waals surface area contributed by atoms with Crippen LogP contribution in [0.15, 0.2) is 40.3 Å². The molecule has 1 amide bonds. The minimum absolute atomic E-state index is 0.0575. The highest BCUT2D eigenvalue weighted by atomic mass is 32.2. The van der Waals surface area contributed by atoms with Crippen LogP contribution in [0.1, 0.15) is 31.1 Å². The van der Waals surface area contributed by atoms with E-state index in [1.807, 2.05) is 51.1 Å². The molecular weight excluding hydrogens is 376 g/mol. The third-order valence-corrected chi connectivity index (χ3v) is 5.24. The lowest BCUT2D eigenvalue weighted by molar-refractivity contribution is -0.118. The molecule has 0 unspecified atom stereocenters. The second-order valence-electron chi connectivity index (χ2n) is 6.79. The normalized spacial score (nSPS) is 11.2. The molecule has 148 valence electrons. The first-order valence-electron chi connectivity index (χ1n) is 9.03. The zero-order chi connectivity index (χ0) is 20.3. The first kappa shape index (κ1) is 20.0. The van der Waals surface area contributed by atoms with Gasteiger partial charge in [-0.3, -0.25) is 14.2 Å². The van der Waals surface area contributed by atoms with Crippen molar-refractivity contribution in [2.75, 3.05) is 12.9 Å². The van der Waals surface area contributed by atoms with Gasteiger partial charge in [0.15, 0.2) is 5.16 Å². The van der Waals surface area contributed by atoms with Crippen molar-refractivity contribution in [3.63, 3.8) is 0 Å². The molecule has 0 radical (unpaired) electrons. The van der Waals surface area contributed by atoms with Crippen molar-refractivity contribution in [3.8, 4) is 5.75 Å². The van der Waals surface area contributed by atoms with E-state index in [-0.39, 0.29) is 23.3 Å². The predicted octanol–water partition coefficient (Wildman–Crippen LogP) is 3.03. The van der Waals surface area contributed by atoms with Gasteiger partial charge in [-0.25, -0.2) is 4.98 Å². The first-order valence-corrected chi connectivity index (χ1v) is 10.0. The number of aromatic amines is 1. The predicted molar refractivity (Wildman–Crippen MR) is 111 cm³/mol. The van der Waals surface area contributed by atoms with Crippen molar-refractivity contribution in [3.05, 3.63) is 51.9 Å². The number of nitrogens with one attached hydrogen (secondary N) is 2. The van der Waals surface area contributed by atoms with Crippen LogP contribution in [-0.2, 0) is 11.3 Å². The van der Waals surface area contributed by atoms with Crippen LogP contribution in [0, 0.1) is 6.92 Å². The number of H-pyrrole nitrogens is 1. The average molecular weight is 401 g/mol. The summed E-state index contributed by atoms with van der Waals surface area (Å²) in [6, 6.07) is 9.32. The van der Waals surface area contributed by atoms with E-state index in [9.17, 15) is 9.59 Å². The number of methoxy groups -OCH3 is 1. The number of ether oxygens (including phenoxy) is 1. The molecule has 3 rings (SSSR count). The molecule has 8 heteroatoms. The summed E-state index contributed by atoms with van der Waals surface area (Å²) >= 11 is 1.27. The molecule has 1 aromatic carbocycles. The van der Waals surface area contributed by atoms with E-state index >= 15 is 0 Å². The lowest BCUT2D eigenvalue weighted by Crippen LogP contribution is -2.27. The number of aryl methyl sites for hydroxylation is 1. The smallest absolute Gasteiger partial charge is 0.278 e. The Hall–Kier alpha value is -2.74. The lowest BCUT2D eigenvalue weighted by Gasteiger charge is -2.15. The van der Waals surface area contributed by atoms with Crippen LogP contribution in [0.25, 0.3) is 11.0 Å². The first-order chi connectivity index (χ1) is 13.4. The highest BCUT2D eigenvalue weighted by Crippen LogP contribution is 2.21. The van der Waals surface area contributed by atoms with Gasteiger partial charge in [0.1, 0.15) is 11.3 Å². The van der Waals surface area contributed by atoms with E-state index in [0.29, 0.717) is 22.7 Å². The number of aromatic nitrogens is 3. The molecule has 0 saturated heterocycles. The molecule has 0 aliphatic carbocycles. The third kappa shape index (κ3) is 4.39. The van der Waals surface area contributed by atoms with E-state index in [2.05, 4.69) is 15.3 Å². The second kappa shape index (κ2) is 8.52. The van der Waals surface area contributed by atoms with E-state index in [1.54, 1.807) is 11.7 Å². The number of fused-ring (bicyclic) bond motifs is 1. The number of hydrogen-bond acceptors (Lipinski definition) is 5. The fourth-order valence-electron chi connectivity index (χ4n) is 2.87. The minimum atomic E-state index is -0.116. The van der Waals surface area contributed by atoms with Crippen LogP contribution >= 0.6 is 11.8 Å². The SMILES string of the molecule is COc1ccc(CNC(=O)CSc2nc3cc(C)[nH]c3c(=O)n2C(C)C)cc1. The molecule has 2 N–H and O–H groups in total. The molecule has 0 aliphatic rings. The van der Waals surface area contributed by atoms with Crippen LogP contribution < -0.4 is 15.6 Å². The van der Waals surface area contributed by atoms with E-state index in [1.165, 1.54) is 11.8 Å². The molecular formula is C20H24N4O3S. The van der Waals surface area contributed by atoms with Crippen molar-refractivity contribution in [2.45, 2.75) is 38.5 Å². The van der Waals surface area contributed by atoms with Crippen LogP contribution in [0.2, 0.25) is 0 Å². The number of amides is 1. The quantitative estimate of drug-likeness (QED) is 0.470. The monoisotopic (exact) mass is 400 g/mol. The number of hydrogen-bond donors (Lipinski definition) is 2. The minimum Gasteiger partial charge on any atom is -0.497 e. The Bertz CT molecular complexity index is 1040. The molecule has 2 aromatic heterocycles. The number of thioether (sulfide) groups is 1. The molecule has 0 saturated carbocycles. The van der Waals surface area contributed by atoms with Gasteiger partial charge in [0, 0.05) is 18.3 Å². The molecule has 3 aromatic rings. The Balaban J connectivity index is 1.69. The topological polar surface area (TPSA) is 89.0 Å². The van der Waals surface area contributed by atoms with Crippen molar-refractivity contribution < 1.29 is 9.53 Å². The maximum Gasteiger partial charge on any atom is 0.278 e. The summed E-state index contributed by atoms with van der Waals surface area (Å²) in [6.45, 7) is 6.18. The van der Waals surface area contributed by atoms with E-state index in [4.69, 9.17) is 4.74 Å². The summed E-state index contributed by atoms with van der Waals surface area (Å²) in [5.41, 5.74) is 2.88. The molecule has 28 heavy (non-hydrogen) atoms. The molecule has 0 fully saturated rings. The Morgan fingerprint density at radius 3 is 2.68 bits per heavy atom. The van der Waals surface area contributed by atoms with Gasteiger partial charge in [-0.2, -0.15) is 0 Å². The van der Waals surface area contributed by atoms with Gasteiger partial charge in [-0.1, -0.05) is 23.9 Å². The molecule has 0 atom stereocenters. The van der Waals surface area contributed by atoms with Gasteiger partial charge >= 0.3 is 0 Å². The average Bonchev–Trinajstić information content (AvgIpc) is 3.05. The van der Waals surface area contributed by atoms with Crippen molar-refractivity contribution in [2.24, 2.45) is 0 Å². The molecule has 7 nitrogen and oxygen atoms in total. The number of nitrogens with zero attached hydrogens (tertiary/aromatic N) is 2. The van der Waals surface area contributed by atoms with Crippen molar-refractivity contribution in [1.82, 2.24) is 19.9 Å². The Kier molecular flexibility index (Phi) is 6.08. The number of benzene rings is 1. The van der Waals surface area contributed by atoms with Gasteiger partial charge in [0.25, 0.3) is 5.56 Å².